The van der Waals surface area contributed by atoms with Gasteiger partial charge in [-0.05, 0) is 50.7 Å². The summed E-state index contributed by atoms with van der Waals surface area (Å²) in [6.45, 7) is 5.36. The van der Waals surface area contributed by atoms with Crippen molar-refractivity contribution >= 4 is 17.2 Å². The van der Waals surface area contributed by atoms with Crippen LogP contribution in [-0.2, 0) is 19.3 Å². The Morgan fingerprint density at radius 3 is 2.76 bits per heavy atom. The van der Waals surface area contributed by atoms with Gasteiger partial charge in [0.25, 0.3) is 0 Å². The molecular weight excluding hydrogens is 278 g/mol. The summed E-state index contributed by atoms with van der Waals surface area (Å²) >= 11 is 1.82. The third kappa shape index (κ3) is 3.10. The Morgan fingerprint density at radius 2 is 2.00 bits per heavy atom. The van der Waals surface area contributed by atoms with Crippen molar-refractivity contribution < 1.29 is 0 Å². The van der Waals surface area contributed by atoms with Crippen molar-refractivity contribution in [3.63, 3.8) is 0 Å². The van der Waals surface area contributed by atoms with Crippen molar-refractivity contribution in [2.45, 2.75) is 52.4 Å². The molecule has 2 heterocycles. The summed E-state index contributed by atoms with van der Waals surface area (Å²) in [5.74, 6) is 1.97. The molecule has 0 saturated carbocycles. The highest BCUT2D eigenvalue weighted by atomic mass is 32.1. The SMILES string of the molecule is CCCNc1nc(-c2ccc(CC)s2)nc2c1CCCC2. The molecule has 2 aromatic heterocycles. The molecule has 1 N–H and O–H groups in total. The lowest BCUT2D eigenvalue weighted by Gasteiger charge is -2.19. The van der Waals surface area contributed by atoms with Gasteiger partial charge in [-0.2, -0.15) is 0 Å². The van der Waals surface area contributed by atoms with Crippen LogP contribution < -0.4 is 5.32 Å². The lowest BCUT2D eigenvalue weighted by Crippen LogP contribution is -2.13. The van der Waals surface area contributed by atoms with E-state index in [1.165, 1.54) is 33.9 Å². The average Bonchev–Trinajstić information content (AvgIpc) is 3.01. The van der Waals surface area contributed by atoms with Crippen LogP contribution >= 0.6 is 11.3 Å². The van der Waals surface area contributed by atoms with Crippen molar-refractivity contribution in [1.29, 1.82) is 0 Å². The molecule has 0 radical (unpaired) electrons. The molecule has 0 fully saturated rings. The van der Waals surface area contributed by atoms with E-state index in [2.05, 4.69) is 31.3 Å². The van der Waals surface area contributed by atoms with Crippen LogP contribution in [-0.4, -0.2) is 16.5 Å². The molecule has 0 atom stereocenters. The first-order valence-electron chi connectivity index (χ1n) is 8.04. The fourth-order valence-electron chi connectivity index (χ4n) is 2.78. The second kappa shape index (κ2) is 6.56. The van der Waals surface area contributed by atoms with E-state index < -0.39 is 0 Å². The molecule has 0 spiro atoms. The Hall–Kier alpha value is -1.42. The molecule has 0 unspecified atom stereocenters. The molecule has 3 rings (SSSR count). The highest BCUT2D eigenvalue weighted by Crippen LogP contribution is 2.31. The summed E-state index contributed by atoms with van der Waals surface area (Å²) in [5.41, 5.74) is 2.61. The van der Waals surface area contributed by atoms with Gasteiger partial charge in [-0.25, -0.2) is 9.97 Å². The molecule has 3 nitrogen and oxygen atoms in total. The number of aryl methyl sites for hydroxylation is 2. The second-order valence-corrected chi connectivity index (χ2v) is 6.74. The molecule has 2 aromatic rings. The molecule has 0 aliphatic heterocycles. The van der Waals surface area contributed by atoms with E-state index in [0.29, 0.717) is 0 Å². The number of aromatic nitrogens is 2. The topological polar surface area (TPSA) is 37.8 Å². The van der Waals surface area contributed by atoms with E-state index in [0.717, 1.165) is 43.9 Å². The maximum Gasteiger partial charge on any atom is 0.171 e. The monoisotopic (exact) mass is 301 g/mol. The van der Waals surface area contributed by atoms with Crippen molar-refractivity contribution in [3.05, 3.63) is 28.3 Å². The van der Waals surface area contributed by atoms with Crippen LogP contribution in [0.25, 0.3) is 10.7 Å². The van der Waals surface area contributed by atoms with Crippen LogP contribution in [0.2, 0.25) is 0 Å². The van der Waals surface area contributed by atoms with Crippen molar-refractivity contribution in [1.82, 2.24) is 9.97 Å². The molecule has 0 saturated heterocycles. The van der Waals surface area contributed by atoms with E-state index >= 15 is 0 Å². The predicted molar refractivity (Wildman–Crippen MR) is 90.1 cm³/mol. The minimum Gasteiger partial charge on any atom is -0.370 e. The fourth-order valence-corrected chi connectivity index (χ4v) is 3.66. The second-order valence-electron chi connectivity index (χ2n) is 5.57. The lowest BCUT2D eigenvalue weighted by atomic mass is 9.96. The zero-order valence-corrected chi connectivity index (χ0v) is 13.7. The first-order chi connectivity index (χ1) is 10.3. The number of anilines is 1. The Balaban J connectivity index is 2.00. The van der Waals surface area contributed by atoms with E-state index in [1.807, 2.05) is 11.3 Å². The third-order valence-electron chi connectivity index (χ3n) is 3.96. The van der Waals surface area contributed by atoms with Gasteiger partial charge in [-0.1, -0.05) is 13.8 Å². The van der Waals surface area contributed by atoms with E-state index in [9.17, 15) is 0 Å². The maximum atomic E-state index is 4.86. The largest absolute Gasteiger partial charge is 0.370 e. The number of nitrogens with zero attached hydrogens (tertiary/aromatic N) is 2. The van der Waals surface area contributed by atoms with Gasteiger partial charge in [0.05, 0.1) is 4.88 Å². The van der Waals surface area contributed by atoms with Gasteiger partial charge in [-0.3, -0.25) is 0 Å². The smallest absolute Gasteiger partial charge is 0.171 e. The molecule has 0 aromatic carbocycles. The third-order valence-corrected chi connectivity index (χ3v) is 5.18. The molecule has 112 valence electrons. The van der Waals surface area contributed by atoms with Crippen LogP contribution in [0.1, 0.15) is 49.2 Å². The van der Waals surface area contributed by atoms with Crippen LogP contribution in [0.4, 0.5) is 5.82 Å². The van der Waals surface area contributed by atoms with Gasteiger partial charge < -0.3 is 5.32 Å². The normalized spacial score (nSPS) is 14.0. The van der Waals surface area contributed by atoms with Crippen molar-refractivity contribution in [2.24, 2.45) is 0 Å². The van der Waals surface area contributed by atoms with Crippen LogP contribution in [0.3, 0.4) is 0 Å². The van der Waals surface area contributed by atoms with Crippen LogP contribution in [0.15, 0.2) is 12.1 Å². The Kier molecular flexibility index (Phi) is 4.54. The van der Waals surface area contributed by atoms with Gasteiger partial charge in [0.2, 0.25) is 0 Å². The van der Waals surface area contributed by atoms with Gasteiger partial charge in [-0.15, -0.1) is 11.3 Å². The fraction of sp³-hybridized carbons (Fsp3) is 0.529. The van der Waals surface area contributed by atoms with Gasteiger partial charge in [0, 0.05) is 22.7 Å². The predicted octanol–water partition coefficient (Wildman–Crippen LogP) is 4.47. The van der Waals surface area contributed by atoms with Crippen LogP contribution in [0.5, 0.6) is 0 Å². The van der Waals surface area contributed by atoms with Gasteiger partial charge >= 0.3 is 0 Å². The van der Waals surface area contributed by atoms with Gasteiger partial charge in [0.1, 0.15) is 5.82 Å². The zero-order valence-electron chi connectivity index (χ0n) is 12.9. The molecule has 1 aliphatic rings. The summed E-state index contributed by atoms with van der Waals surface area (Å²) in [7, 11) is 0. The lowest BCUT2D eigenvalue weighted by molar-refractivity contribution is 0.664. The van der Waals surface area contributed by atoms with E-state index in [4.69, 9.17) is 9.97 Å². The number of hydrogen-bond acceptors (Lipinski definition) is 4. The maximum absolute atomic E-state index is 4.86. The Labute approximate surface area is 130 Å². The molecule has 0 amide bonds. The average molecular weight is 301 g/mol. The zero-order chi connectivity index (χ0) is 14.7. The summed E-state index contributed by atoms with van der Waals surface area (Å²) < 4.78 is 0. The first kappa shape index (κ1) is 14.5. The quantitative estimate of drug-likeness (QED) is 0.885. The molecule has 0 bridgehead atoms. The minimum absolute atomic E-state index is 0.902. The number of nitrogens with one attached hydrogen (secondary N) is 1. The molecule has 4 heteroatoms. The minimum atomic E-state index is 0.902. The molecule has 21 heavy (non-hydrogen) atoms. The number of fused-ring (bicyclic) bond motifs is 1. The summed E-state index contributed by atoms with van der Waals surface area (Å²) in [6, 6.07) is 4.36. The number of rotatable bonds is 5. The highest BCUT2D eigenvalue weighted by molar-refractivity contribution is 7.15. The first-order valence-corrected chi connectivity index (χ1v) is 8.86. The number of hydrogen-bond donors (Lipinski definition) is 1. The Morgan fingerprint density at radius 1 is 1.14 bits per heavy atom. The van der Waals surface area contributed by atoms with E-state index in [-0.39, 0.29) is 0 Å². The van der Waals surface area contributed by atoms with Crippen molar-refractivity contribution in [2.75, 3.05) is 11.9 Å². The van der Waals surface area contributed by atoms with Gasteiger partial charge in [0.15, 0.2) is 5.82 Å². The summed E-state index contributed by atoms with van der Waals surface area (Å²) in [5, 5.41) is 3.51. The van der Waals surface area contributed by atoms with Crippen LogP contribution in [0, 0.1) is 0 Å². The number of thiophene rings is 1. The summed E-state index contributed by atoms with van der Waals surface area (Å²) in [4.78, 5) is 12.3. The summed E-state index contributed by atoms with van der Waals surface area (Å²) in [6.07, 6.45) is 6.92. The molecule has 1 aliphatic carbocycles. The van der Waals surface area contributed by atoms with E-state index in [1.54, 1.807) is 0 Å². The van der Waals surface area contributed by atoms with Crippen molar-refractivity contribution in [3.8, 4) is 10.7 Å². The molecular formula is C17H23N3S. The standard InChI is InChI=1S/C17H23N3S/c1-3-11-18-16-13-7-5-6-8-14(13)19-17(20-16)15-10-9-12(4-2)21-15/h9-10H,3-8,11H2,1-2H3,(H,18,19,20). The highest BCUT2D eigenvalue weighted by Gasteiger charge is 2.18. The Bertz CT molecular complexity index is 618.